The number of hydrogen-bond acceptors (Lipinski definition) is 3. The first-order chi connectivity index (χ1) is 10.8. The van der Waals surface area contributed by atoms with Crippen LogP contribution in [0.15, 0.2) is 42.6 Å². The van der Waals surface area contributed by atoms with Crippen LogP contribution in [0.1, 0.15) is 32.0 Å². The van der Waals surface area contributed by atoms with Gasteiger partial charge in [0, 0.05) is 23.0 Å². The molecule has 0 aliphatic heterocycles. The number of nitrogens with zero attached hydrogens (tertiary/aromatic N) is 2. The van der Waals surface area contributed by atoms with Crippen molar-refractivity contribution < 1.29 is 9.90 Å². The molecule has 0 saturated carbocycles. The molecule has 0 spiro atoms. The highest BCUT2D eigenvalue weighted by atomic mass is 16.4. The van der Waals surface area contributed by atoms with Crippen molar-refractivity contribution >= 4 is 17.5 Å². The summed E-state index contributed by atoms with van der Waals surface area (Å²) in [7, 11) is 0. The fourth-order valence-corrected chi connectivity index (χ4v) is 2.16. The van der Waals surface area contributed by atoms with E-state index in [0.29, 0.717) is 17.1 Å². The minimum atomic E-state index is -1.02. The van der Waals surface area contributed by atoms with Crippen molar-refractivity contribution in [1.29, 1.82) is 0 Å². The minimum absolute atomic E-state index is 0.500. The molecule has 2 rings (SSSR count). The van der Waals surface area contributed by atoms with E-state index in [9.17, 15) is 9.90 Å². The summed E-state index contributed by atoms with van der Waals surface area (Å²) in [5.41, 5.74) is 7.62. The highest BCUT2D eigenvalue weighted by Gasteiger charge is 2.27. The summed E-state index contributed by atoms with van der Waals surface area (Å²) in [5.74, 6) is 5.91. The molecule has 1 aromatic carbocycles. The average Bonchev–Trinajstić information content (AvgIpc) is 2.44. The van der Waals surface area contributed by atoms with Crippen LogP contribution < -0.4 is 10.6 Å². The summed E-state index contributed by atoms with van der Waals surface area (Å²) in [6, 6.07) is 10.6. The van der Waals surface area contributed by atoms with Crippen LogP contribution in [0.3, 0.4) is 0 Å². The first kappa shape index (κ1) is 16.4. The topological polar surface area (TPSA) is 79.5 Å². The lowest BCUT2D eigenvalue weighted by atomic mass is 10.1. The van der Waals surface area contributed by atoms with Crippen LogP contribution in [0.4, 0.5) is 16.2 Å². The van der Waals surface area contributed by atoms with Crippen LogP contribution >= 0.6 is 0 Å². The Bertz CT molecular complexity index is 783. The van der Waals surface area contributed by atoms with Crippen molar-refractivity contribution in [3.05, 3.63) is 53.9 Å². The maximum absolute atomic E-state index is 11.5. The molecule has 118 valence electrons. The van der Waals surface area contributed by atoms with E-state index in [2.05, 4.69) is 16.8 Å². The molecule has 23 heavy (non-hydrogen) atoms. The molecule has 1 aromatic heterocycles. The molecule has 1 amide bonds. The van der Waals surface area contributed by atoms with Crippen LogP contribution in [0.5, 0.6) is 0 Å². The van der Waals surface area contributed by atoms with Crippen molar-refractivity contribution in [3.63, 3.8) is 0 Å². The molecule has 0 saturated heterocycles. The fraction of sp³-hybridized carbons (Fsp3) is 0.222. The third-order valence-corrected chi connectivity index (χ3v) is 3.09. The van der Waals surface area contributed by atoms with Crippen molar-refractivity contribution in [2.24, 2.45) is 0 Å². The number of benzene rings is 1. The van der Waals surface area contributed by atoms with Gasteiger partial charge < -0.3 is 10.8 Å². The molecule has 2 aromatic rings. The summed E-state index contributed by atoms with van der Waals surface area (Å²) in [6.07, 6.45) is 0.541. The van der Waals surface area contributed by atoms with Gasteiger partial charge in [0.15, 0.2) is 0 Å². The van der Waals surface area contributed by atoms with Gasteiger partial charge in [-0.3, -0.25) is 4.90 Å². The van der Waals surface area contributed by atoms with E-state index in [0.717, 1.165) is 5.56 Å². The van der Waals surface area contributed by atoms with Gasteiger partial charge in [-0.1, -0.05) is 12.0 Å². The monoisotopic (exact) mass is 309 g/mol. The maximum atomic E-state index is 11.5. The Hall–Kier alpha value is -3.00. The molecule has 5 nitrogen and oxygen atoms in total. The summed E-state index contributed by atoms with van der Waals surface area (Å²) >= 11 is 0. The Morgan fingerprint density at radius 2 is 1.96 bits per heavy atom. The van der Waals surface area contributed by atoms with Gasteiger partial charge in [-0.25, -0.2) is 9.78 Å². The number of anilines is 2. The number of nitrogens with two attached hydrogens (primary N) is 1. The van der Waals surface area contributed by atoms with E-state index < -0.39 is 11.6 Å². The van der Waals surface area contributed by atoms with E-state index in [-0.39, 0.29) is 0 Å². The molecule has 1 heterocycles. The smallest absolute Gasteiger partial charge is 0.412 e. The van der Waals surface area contributed by atoms with E-state index in [1.807, 2.05) is 32.9 Å². The second kappa shape index (κ2) is 6.41. The number of nitrogen functional groups attached to an aromatic ring is 1. The first-order valence-corrected chi connectivity index (χ1v) is 7.14. The van der Waals surface area contributed by atoms with Crippen LogP contribution in [0.2, 0.25) is 0 Å². The van der Waals surface area contributed by atoms with E-state index in [4.69, 9.17) is 5.73 Å². The highest BCUT2D eigenvalue weighted by Crippen LogP contribution is 2.24. The third-order valence-electron chi connectivity index (χ3n) is 3.09. The lowest BCUT2D eigenvalue weighted by Gasteiger charge is -2.33. The normalized spacial score (nSPS) is 10.6. The van der Waals surface area contributed by atoms with Crippen molar-refractivity contribution in [2.75, 3.05) is 10.6 Å². The number of pyridine rings is 1. The van der Waals surface area contributed by atoms with Gasteiger partial charge in [0.25, 0.3) is 0 Å². The van der Waals surface area contributed by atoms with Gasteiger partial charge in [0.2, 0.25) is 0 Å². The molecular weight excluding hydrogens is 290 g/mol. The molecule has 0 fully saturated rings. The van der Waals surface area contributed by atoms with Crippen molar-refractivity contribution in [2.45, 2.75) is 26.3 Å². The highest BCUT2D eigenvalue weighted by molar-refractivity contribution is 5.87. The van der Waals surface area contributed by atoms with Gasteiger partial charge in [-0.15, -0.1) is 0 Å². The van der Waals surface area contributed by atoms with Gasteiger partial charge in [-0.05, 0) is 57.0 Å². The van der Waals surface area contributed by atoms with Crippen LogP contribution in [0.25, 0.3) is 0 Å². The molecule has 0 aliphatic carbocycles. The quantitative estimate of drug-likeness (QED) is 0.625. The van der Waals surface area contributed by atoms with Crippen LogP contribution in [-0.4, -0.2) is 21.7 Å². The third kappa shape index (κ3) is 4.24. The zero-order valence-corrected chi connectivity index (χ0v) is 13.4. The van der Waals surface area contributed by atoms with Crippen molar-refractivity contribution in [3.8, 4) is 11.8 Å². The van der Waals surface area contributed by atoms with E-state index in [1.54, 1.807) is 30.5 Å². The largest absolute Gasteiger partial charge is 0.465 e. The average molecular weight is 309 g/mol. The molecule has 0 aliphatic rings. The summed E-state index contributed by atoms with van der Waals surface area (Å²) in [4.78, 5) is 17.0. The summed E-state index contributed by atoms with van der Waals surface area (Å²) in [5, 5.41) is 9.45. The Labute approximate surface area is 135 Å². The fourth-order valence-electron chi connectivity index (χ4n) is 2.16. The Kier molecular flexibility index (Phi) is 4.56. The Morgan fingerprint density at radius 1 is 1.22 bits per heavy atom. The molecule has 0 atom stereocenters. The number of amides is 1. The first-order valence-electron chi connectivity index (χ1n) is 7.14. The number of carbonyl (C=O) groups is 1. The van der Waals surface area contributed by atoms with Crippen molar-refractivity contribution in [1.82, 2.24) is 4.98 Å². The summed E-state index contributed by atoms with van der Waals surface area (Å²) in [6.45, 7) is 5.50. The second-order valence-electron chi connectivity index (χ2n) is 6.06. The lowest BCUT2D eigenvalue weighted by Crippen LogP contribution is -2.45. The van der Waals surface area contributed by atoms with Gasteiger partial charge in [0.05, 0.1) is 5.69 Å². The molecule has 0 radical (unpaired) electrons. The van der Waals surface area contributed by atoms with E-state index >= 15 is 0 Å². The number of hydrogen-bond donors (Lipinski definition) is 2. The number of rotatable bonds is 1. The Balaban J connectivity index is 2.36. The van der Waals surface area contributed by atoms with Gasteiger partial charge in [0.1, 0.15) is 5.69 Å². The maximum Gasteiger partial charge on any atom is 0.412 e. The minimum Gasteiger partial charge on any atom is -0.465 e. The van der Waals surface area contributed by atoms with Crippen LogP contribution in [-0.2, 0) is 0 Å². The number of aromatic nitrogens is 1. The number of carboxylic acid groups (broad SMARTS) is 1. The molecule has 3 N–H and O–H groups in total. The van der Waals surface area contributed by atoms with Gasteiger partial charge >= 0.3 is 6.09 Å². The molecule has 5 heteroatoms. The lowest BCUT2D eigenvalue weighted by molar-refractivity contribution is 0.195. The van der Waals surface area contributed by atoms with Crippen LogP contribution in [0, 0.1) is 11.8 Å². The van der Waals surface area contributed by atoms with E-state index in [1.165, 1.54) is 4.90 Å². The van der Waals surface area contributed by atoms with Gasteiger partial charge in [-0.2, -0.15) is 0 Å². The standard InChI is InChI=1S/C18H19N3O2/c1-18(2,3)21(17(22)23)16-9-10-20-15(12-16)8-7-13-5-4-6-14(19)11-13/h4-6,9-12H,19H2,1-3H3,(H,22,23). The summed E-state index contributed by atoms with van der Waals surface area (Å²) < 4.78 is 0. The SMILES string of the molecule is CC(C)(C)N(C(=O)O)c1ccnc(C#Cc2cccc(N)c2)c1. The molecular formula is C18H19N3O2. The predicted octanol–water partition coefficient (Wildman–Crippen LogP) is 3.35. The zero-order valence-electron chi connectivity index (χ0n) is 13.4. The molecule has 0 unspecified atom stereocenters. The second-order valence-corrected chi connectivity index (χ2v) is 6.06. The zero-order chi connectivity index (χ0) is 17.0. The Morgan fingerprint density at radius 3 is 2.57 bits per heavy atom. The predicted molar refractivity (Wildman–Crippen MR) is 91.3 cm³/mol. The molecule has 0 bridgehead atoms.